The number of hydrogen-bond acceptors (Lipinski definition) is 6. The molecular weight excluding hydrogens is 612 g/mol. The third-order valence-corrected chi connectivity index (χ3v) is 7.60. The lowest BCUT2D eigenvalue weighted by Crippen LogP contribution is -2.53. The van der Waals surface area contributed by atoms with Crippen LogP contribution in [0.15, 0.2) is 72.8 Å². The molecule has 3 rings (SSSR count). The van der Waals surface area contributed by atoms with E-state index >= 15 is 0 Å². The number of phenols is 1. The minimum Gasteiger partial charge on any atom is -0.508 e. The van der Waals surface area contributed by atoms with Crippen molar-refractivity contribution in [2.75, 3.05) is 13.1 Å². The molecule has 0 bridgehead atoms. The van der Waals surface area contributed by atoms with E-state index in [-0.39, 0.29) is 43.6 Å². The van der Waals surface area contributed by atoms with E-state index < -0.39 is 35.3 Å². The van der Waals surface area contributed by atoms with Crippen LogP contribution in [0.3, 0.4) is 0 Å². The van der Waals surface area contributed by atoms with E-state index in [9.17, 15) is 29.4 Å². The van der Waals surface area contributed by atoms with Crippen molar-refractivity contribution in [3.05, 3.63) is 101 Å². The Kier molecular flexibility index (Phi) is 12.6. The molecule has 3 aromatic carbocycles. The van der Waals surface area contributed by atoms with Gasteiger partial charge in [0.05, 0.1) is 23.9 Å². The van der Waals surface area contributed by atoms with Crippen molar-refractivity contribution >= 4 is 24.0 Å². The van der Waals surface area contributed by atoms with Gasteiger partial charge in [0.1, 0.15) is 11.4 Å². The number of aryl methyl sites for hydroxylation is 2. The molecule has 0 aliphatic heterocycles. The van der Waals surface area contributed by atoms with Crippen LogP contribution in [0.1, 0.15) is 80.8 Å². The topological polar surface area (TPSA) is 157 Å². The second-order valence-electron chi connectivity index (χ2n) is 13.7. The third kappa shape index (κ3) is 11.6. The van der Waals surface area contributed by atoms with Crippen LogP contribution in [0.4, 0.5) is 9.59 Å². The van der Waals surface area contributed by atoms with Crippen LogP contribution in [-0.2, 0) is 20.9 Å². The highest BCUT2D eigenvalue weighted by molar-refractivity contribution is 5.85. The van der Waals surface area contributed by atoms with Crippen molar-refractivity contribution in [2.24, 2.45) is 0 Å². The van der Waals surface area contributed by atoms with E-state index in [4.69, 9.17) is 4.74 Å². The second-order valence-corrected chi connectivity index (χ2v) is 13.7. The maximum Gasteiger partial charge on any atom is 0.408 e. The van der Waals surface area contributed by atoms with E-state index in [1.165, 1.54) is 4.90 Å². The van der Waals surface area contributed by atoms with Gasteiger partial charge < -0.3 is 35.8 Å². The molecule has 3 aromatic rings. The largest absolute Gasteiger partial charge is 0.508 e. The quantitative estimate of drug-likeness (QED) is 0.152. The number of alkyl carbamates (subject to hydrolysis) is 1. The molecule has 0 aliphatic carbocycles. The van der Waals surface area contributed by atoms with Crippen molar-refractivity contribution in [2.45, 2.75) is 84.5 Å². The number of carboxylic acid groups (broad SMARTS) is 1. The first-order valence-electron chi connectivity index (χ1n) is 15.9. The Labute approximate surface area is 282 Å². The van der Waals surface area contributed by atoms with E-state index in [0.717, 1.165) is 5.56 Å². The van der Waals surface area contributed by atoms with Crippen molar-refractivity contribution in [1.29, 1.82) is 0 Å². The molecule has 0 aromatic heterocycles. The summed E-state index contributed by atoms with van der Waals surface area (Å²) >= 11 is 0. The lowest BCUT2D eigenvalue weighted by molar-refractivity contribution is -0.125. The number of phenolic OH excluding ortho intramolecular Hbond substituents is 1. The van der Waals surface area contributed by atoms with E-state index in [2.05, 4.69) is 16.0 Å². The number of carbonyl (C=O) groups is 4. The lowest BCUT2D eigenvalue weighted by atomic mass is 9.93. The average Bonchev–Trinajstić information content (AvgIpc) is 2.97. The number of aromatic hydroxyl groups is 1. The van der Waals surface area contributed by atoms with Gasteiger partial charge in [0.25, 0.3) is 0 Å². The minimum absolute atomic E-state index is 0.0497. The normalized spacial score (nSPS) is 12.7. The first-order chi connectivity index (χ1) is 22.4. The van der Waals surface area contributed by atoms with E-state index in [1.807, 2.05) is 36.4 Å². The van der Waals surface area contributed by atoms with Gasteiger partial charge in [-0.15, -0.1) is 0 Å². The smallest absolute Gasteiger partial charge is 0.408 e. The predicted molar refractivity (Wildman–Crippen MR) is 184 cm³/mol. The summed E-state index contributed by atoms with van der Waals surface area (Å²) in [5, 5.41) is 28.7. The molecule has 0 heterocycles. The molecule has 0 aliphatic rings. The molecule has 48 heavy (non-hydrogen) atoms. The van der Waals surface area contributed by atoms with E-state index in [1.54, 1.807) is 84.9 Å². The van der Waals surface area contributed by atoms with Crippen molar-refractivity contribution in [3.63, 3.8) is 0 Å². The fourth-order valence-electron chi connectivity index (χ4n) is 5.53. The molecule has 11 nitrogen and oxygen atoms in total. The summed E-state index contributed by atoms with van der Waals surface area (Å²) in [7, 11) is 0. The highest BCUT2D eigenvalue weighted by Crippen LogP contribution is 2.29. The first kappa shape index (κ1) is 37.4. The summed E-state index contributed by atoms with van der Waals surface area (Å²) in [6.45, 7) is 12.4. The Morgan fingerprint density at radius 2 is 1.44 bits per heavy atom. The van der Waals surface area contributed by atoms with Gasteiger partial charge in [-0.3, -0.25) is 9.59 Å². The van der Waals surface area contributed by atoms with Crippen LogP contribution in [0.2, 0.25) is 0 Å². The average molecular weight is 661 g/mol. The van der Waals surface area contributed by atoms with Crippen LogP contribution in [0.25, 0.3) is 0 Å². The van der Waals surface area contributed by atoms with Crippen LogP contribution >= 0.6 is 0 Å². The van der Waals surface area contributed by atoms with Gasteiger partial charge in [-0.2, -0.15) is 0 Å². The molecule has 0 fully saturated rings. The molecular formula is C37H48N4O7. The molecule has 0 spiro atoms. The summed E-state index contributed by atoms with van der Waals surface area (Å²) in [5.41, 5.74) is 1.87. The SMILES string of the molecule is Cc1cc(O)cc(C)c1C(CC(=O)NC(C)(C)CNC(=O)C(CN(Cc1ccccc1)C(=O)O)c1ccccc1)NC(=O)OC(C)(C)C. The molecule has 0 saturated heterocycles. The zero-order chi connectivity index (χ0) is 35.6. The number of benzene rings is 3. The molecule has 0 saturated carbocycles. The molecule has 2 atom stereocenters. The van der Waals surface area contributed by atoms with Gasteiger partial charge in [-0.25, -0.2) is 9.59 Å². The molecule has 2 unspecified atom stereocenters. The predicted octanol–water partition coefficient (Wildman–Crippen LogP) is 5.94. The fraction of sp³-hybridized carbons (Fsp3) is 0.405. The Bertz CT molecular complexity index is 1550. The Morgan fingerprint density at radius 3 is 1.98 bits per heavy atom. The Balaban J connectivity index is 1.74. The van der Waals surface area contributed by atoms with Crippen molar-refractivity contribution in [1.82, 2.24) is 20.9 Å². The number of hydrogen-bond donors (Lipinski definition) is 5. The van der Waals surface area contributed by atoms with Crippen LogP contribution in [0.5, 0.6) is 5.75 Å². The maximum atomic E-state index is 13.7. The number of nitrogens with one attached hydrogen (secondary N) is 3. The monoisotopic (exact) mass is 660 g/mol. The van der Waals surface area contributed by atoms with Gasteiger partial charge in [-0.05, 0) is 88.4 Å². The lowest BCUT2D eigenvalue weighted by Gasteiger charge is -2.31. The summed E-state index contributed by atoms with van der Waals surface area (Å²) in [6, 6.07) is 20.5. The van der Waals surface area contributed by atoms with Crippen LogP contribution in [-0.4, -0.2) is 63.3 Å². The molecule has 258 valence electrons. The summed E-state index contributed by atoms with van der Waals surface area (Å²) in [4.78, 5) is 53.3. The number of rotatable bonds is 13. The van der Waals surface area contributed by atoms with Crippen LogP contribution < -0.4 is 16.0 Å². The molecule has 5 N–H and O–H groups in total. The zero-order valence-electron chi connectivity index (χ0n) is 28.8. The van der Waals surface area contributed by atoms with Crippen molar-refractivity contribution in [3.8, 4) is 5.75 Å². The Hall–Kier alpha value is -5.06. The van der Waals surface area contributed by atoms with Crippen molar-refractivity contribution < 1.29 is 34.1 Å². The van der Waals surface area contributed by atoms with Gasteiger partial charge in [-0.1, -0.05) is 60.7 Å². The summed E-state index contributed by atoms with van der Waals surface area (Å²) in [5.74, 6) is -1.50. The van der Waals surface area contributed by atoms with Gasteiger partial charge >= 0.3 is 12.2 Å². The highest BCUT2D eigenvalue weighted by Gasteiger charge is 2.30. The fourth-order valence-corrected chi connectivity index (χ4v) is 5.53. The number of amides is 4. The maximum absolute atomic E-state index is 13.7. The van der Waals surface area contributed by atoms with Gasteiger partial charge in [0, 0.05) is 19.6 Å². The minimum atomic E-state index is -1.14. The molecule has 4 amide bonds. The summed E-state index contributed by atoms with van der Waals surface area (Å²) in [6.07, 6.45) is -1.97. The zero-order valence-corrected chi connectivity index (χ0v) is 28.8. The second kappa shape index (κ2) is 16.2. The van der Waals surface area contributed by atoms with Gasteiger partial charge in [0.2, 0.25) is 11.8 Å². The highest BCUT2D eigenvalue weighted by atomic mass is 16.6. The molecule has 0 radical (unpaired) electrons. The summed E-state index contributed by atoms with van der Waals surface area (Å²) < 4.78 is 5.46. The number of carbonyl (C=O) groups excluding carboxylic acids is 3. The number of ether oxygens (including phenoxy) is 1. The van der Waals surface area contributed by atoms with E-state index in [0.29, 0.717) is 22.3 Å². The number of nitrogens with zero attached hydrogens (tertiary/aromatic N) is 1. The molecule has 11 heteroatoms. The first-order valence-corrected chi connectivity index (χ1v) is 15.9. The van der Waals surface area contributed by atoms with Crippen LogP contribution in [0, 0.1) is 13.8 Å². The standard InChI is InChI=1S/C37H48N4O7/c1-24-18-28(42)19-25(2)32(24)30(39-34(45)48-36(3,4)5)20-31(43)40-37(6,7)23-38-33(44)29(27-16-12-9-13-17-27)22-41(35(46)47)21-26-14-10-8-11-15-26/h8-19,29-30,42H,20-23H2,1-7H3,(H,38,44)(H,39,45)(H,40,43)(H,46,47). The van der Waals surface area contributed by atoms with Gasteiger partial charge in [0.15, 0.2) is 0 Å². The third-order valence-electron chi connectivity index (χ3n) is 7.60. The Morgan fingerprint density at radius 1 is 0.875 bits per heavy atom.